The van der Waals surface area contributed by atoms with Gasteiger partial charge in [-0.25, -0.2) is 0 Å². The average Bonchev–Trinajstić information content (AvgIpc) is 3.21. The van der Waals surface area contributed by atoms with Crippen molar-refractivity contribution in [2.75, 3.05) is 6.54 Å². The number of carbonyl (C=O) groups excluding carboxylic acids is 1. The van der Waals surface area contributed by atoms with Gasteiger partial charge in [0.1, 0.15) is 15.8 Å². The molecule has 1 N–H and O–H groups in total. The molecule has 0 atom stereocenters. The number of furan rings is 1. The highest BCUT2D eigenvalue weighted by atomic mass is 32.2. The van der Waals surface area contributed by atoms with Gasteiger partial charge in [-0.2, -0.15) is 13.2 Å². The number of thioether (sulfide) groups is 1. The Labute approximate surface area is 173 Å². The molecule has 0 aliphatic carbocycles. The van der Waals surface area contributed by atoms with Crippen molar-refractivity contribution in [3.05, 3.63) is 52.6 Å². The van der Waals surface area contributed by atoms with E-state index in [0.717, 1.165) is 23.9 Å². The minimum absolute atomic E-state index is 0.0748. The number of carboxylic acid groups (broad SMARTS) is 1. The number of aliphatic carboxylic acids is 1. The van der Waals surface area contributed by atoms with Gasteiger partial charge in [0.25, 0.3) is 5.91 Å². The summed E-state index contributed by atoms with van der Waals surface area (Å²) >= 11 is 6.22. The van der Waals surface area contributed by atoms with E-state index >= 15 is 0 Å². The first-order chi connectivity index (χ1) is 13.6. The molecule has 5 nitrogen and oxygen atoms in total. The van der Waals surface area contributed by atoms with E-state index in [9.17, 15) is 22.8 Å². The molecule has 1 aromatic carbocycles. The van der Waals surface area contributed by atoms with Gasteiger partial charge in [-0.1, -0.05) is 36.1 Å². The molecule has 29 heavy (non-hydrogen) atoms. The quantitative estimate of drug-likeness (QED) is 0.501. The van der Waals surface area contributed by atoms with Crippen LogP contribution in [0.5, 0.6) is 0 Å². The lowest BCUT2D eigenvalue weighted by molar-refractivity contribution is -0.138. The SMILES string of the molecule is O=C(O)CCCN1C(=O)/C(=C/c2ccc(-c3cccc(C(F)(F)F)c3)o2)SC1=S. The third-order valence-electron chi connectivity index (χ3n) is 4.02. The van der Waals surface area contributed by atoms with E-state index in [0.29, 0.717) is 15.0 Å². The zero-order valence-electron chi connectivity index (χ0n) is 14.7. The summed E-state index contributed by atoms with van der Waals surface area (Å²) in [7, 11) is 0. The number of hydrogen-bond donors (Lipinski definition) is 1. The number of amides is 1. The molecule has 0 bridgehead atoms. The summed E-state index contributed by atoms with van der Waals surface area (Å²) in [5, 5.41) is 8.70. The van der Waals surface area contributed by atoms with E-state index in [1.165, 1.54) is 29.2 Å². The van der Waals surface area contributed by atoms with Crippen LogP contribution in [-0.4, -0.2) is 32.7 Å². The van der Waals surface area contributed by atoms with Crippen molar-refractivity contribution in [2.45, 2.75) is 19.0 Å². The van der Waals surface area contributed by atoms with Crippen molar-refractivity contribution in [1.82, 2.24) is 4.90 Å². The Balaban J connectivity index is 1.76. The van der Waals surface area contributed by atoms with E-state index < -0.39 is 17.7 Å². The Morgan fingerprint density at radius 1 is 1.28 bits per heavy atom. The molecule has 3 rings (SSSR count). The molecule has 0 unspecified atom stereocenters. The van der Waals surface area contributed by atoms with Crippen LogP contribution in [-0.2, 0) is 15.8 Å². The molecule has 1 aromatic heterocycles. The van der Waals surface area contributed by atoms with Crippen molar-refractivity contribution >= 4 is 46.3 Å². The fraction of sp³-hybridized carbons (Fsp3) is 0.211. The molecule has 1 saturated heterocycles. The second-order valence-corrected chi connectivity index (χ2v) is 7.79. The average molecular weight is 441 g/mol. The summed E-state index contributed by atoms with van der Waals surface area (Å²) in [5.74, 6) is -0.783. The number of benzene rings is 1. The molecule has 1 aliphatic heterocycles. The molecule has 1 fully saturated rings. The van der Waals surface area contributed by atoms with E-state index in [-0.39, 0.29) is 36.6 Å². The molecule has 1 aliphatic rings. The normalized spacial score (nSPS) is 16.1. The molecule has 10 heteroatoms. The number of nitrogens with zero attached hydrogens (tertiary/aromatic N) is 1. The molecule has 0 saturated carbocycles. The monoisotopic (exact) mass is 441 g/mol. The van der Waals surface area contributed by atoms with Crippen LogP contribution >= 0.6 is 24.0 Å². The fourth-order valence-electron chi connectivity index (χ4n) is 2.64. The van der Waals surface area contributed by atoms with Gasteiger partial charge in [-0.15, -0.1) is 0 Å². The van der Waals surface area contributed by atoms with Crippen LogP contribution < -0.4 is 0 Å². The Hall–Kier alpha value is -2.59. The van der Waals surface area contributed by atoms with Crippen molar-refractivity contribution in [3.8, 4) is 11.3 Å². The van der Waals surface area contributed by atoms with Gasteiger partial charge in [0, 0.05) is 24.6 Å². The standard InChI is InChI=1S/C19H14F3NO4S2/c20-19(21,22)12-4-1-3-11(9-12)14-7-6-13(27-14)10-15-17(26)23(18(28)29-15)8-2-5-16(24)25/h1,3-4,6-7,9-10H,2,5,8H2,(H,24,25)/b15-10-. The van der Waals surface area contributed by atoms with Gasteiger partial charge in [0.2, 0.25) is 0 Å². The minimum atomic E-state index is -4.46. The first-order valence-electron chi connectivity index (χ1n) is 8.40. The Morgan fingerprint density at radius 2 is 2.03 bits per heavy atom. The zero-order chi connectivity index (χ0) is 21.2. The highest BCUT2D eigenvalue weighted by Crippen LogP contribution is 2.35. The lowest BCUT2D eigenvalue weighted by Gasteiger charge is -2.13. The van der Waals surface area contributed by atoms with Crippen LogP contribution in [0.4, 0.5) is 13.2 Å². The summed E-state index contributed by atoms with van der Waals surface area (Å²) in [4.78, 5) is 24.7. The van der Waals surface area contributed by atoms with Crippen molar-refractivity contribution < 1.29 is 32.3 Å². The molecule has 0 radical (unpaired) electrons. The van der Waals surface area contributed by atoms with E-state index in [1.54, 1.807) is 6.07 Å². The third kappa shape index (κ3) is 5.07. The van der Waals surface area contributed by atoms with Gasteiger partial charge in [-0.3, -0.25) is 14.5 Å². The molecule has 2 aromatic rings. The summed E-state index contributed by atoms with van der Waals surface area (Å²) < 4.78 is 44.5. The summed E-state index contributed by atoms with van der Waals surface area (Å²) in [6.07, 6.45) is -2.79. The first kappa shape index (κ1) is 21.1. The molecular weight excluding hydrogens is 427 g/mol. The molecule has 2 heterocycles. The third-order valence-corrected chi connectivity index (χ3v) is 5.40. The predicted molar refractivity (Wildman–Crippen MR) is 106 cm³/mol. The van der Waals surface area contributed by atoms with Crippen molar-refractivity contribution in [2.24, 2.45) is 0 Å². The number of carbonyl (C=O) groups is 2. The number of carboxylic acids is 1. The molecule has 1 amide bonds. The van der Waals surface area contributed by atoms with Crippen molar-refractivity contribution in [3.63, 3.8) is 0 Å². The highest BCUT2D eigenvalue weighted by Gasteiger charge is 2.32. The van der Waals surface area contributed by atoms with E-state index in [2.05, 4.69) is 0 Å². The number of halogens is 3. The summed E-state index contributed by atoms with van der Waals surface area (Å²) in [6, 6.07) is 7.83. The fourth-order valence-corrected chi connectivity index (χ4v) is 3.93. The number of alkyl halides is 3. The topological polar surface area (TPSA) is 70.8 Å². The van der Waals surface area contributed by atoms with Crippen LogP contribution in [0.2, 0.25) is 0 Å². The Bertz CT molecular complexity index is 997. The van der Waals surface area contributed by atoms with Gasteiger partial charge in [0.15, 0.2) is 0 Å². The van der Waals surface area contributed by atoms with Crippen LogP contribution in [0.1, 0.15) is 24.2 Å². The number of thiocarbonyl (C=S) groups is 1. The van der Waals surface area contributed by atoms with Gasteiger partial charge in [-0.05, 0) is 30.7 Å². The summed E-state index contributed by atoms with van der Waals surface area (Å²) in [6.45, 7) is 0.196. The minimum Gasteiger partial charge on any atom is -0.481 e. The maximum absolute atomic E-state index is 12.9. The second kappa shape index (κ2) is 8.42. The Morgan fingerprint density at radius 3 is 2.72 bits per heavy atom. The summed E-state index contributed by atoms with van der Waals surface area (Å²) in [5.41, 5.74) is -0.518. The molecule has 152 valence electrons. The molecular formula is C19H14F3NO4S2. The maximum Gasteiger partial charge on any atom is 0.416 e. The van der Waals surface area contributed by atoms with Gasteiger partial charge in [0.05, 0.1) is 10.5 Å². The van der Waals surface area contributed by atoms with Gasteiger partial charge < -0.3 is 9.52 Å². The van der Waals surface area contributed by atoms with E-state index in [4.69, 9.17) is 21.7 Å². The second-order valence-electron chi connectivity index (χ2n) is 6.11. The smallest absolute Gasteiger partial charge is 0.416 e. The zero-order valence-corrected chi connectivity index (χ0v) is 16.4. The number of rotatable bonds is 6. The largest absolute Gasteiger partial charge is 0.481 e. The van der Waals surface area contributed by atoms with Crippen LogP contribution in [0.3, 0.4) is 0 Å². The van der Waals surface area contributed by atoms with Crippen LogP contribution in [0.25, 0.3) is 17.4 Å². The van der Waals surface area contributed by atoms with Crippen LogP contribution in [0, 0.1) is 0 Å². The van der Waals surface area contributed by atoms with Crippen molar-refractivity contribution in [1.29, 1.82) is 0 Å². The maximum atomic E-state index is 12.9. The molecule has 0 spiro atoms. The van der Waals surface area contributed by atoms with Gasteiger partial charge >= 0.3 is 12.1 Å². The van der Waals surface area contributed by atoms with Crippen LogP contribution in [0.15, 0.2) is 45.7 Å². The van der Waals surface area contributed by atoms with E-state index in [1.807, 2.05) is 0 Å². The predicted octanol–water partition coefficient (Wildman–Crippen LogP) is 5.03. The highest BCUT2D eigenvalue weighted by molar-refractivity contribution is 8.26. The number of hydrogen-bond acceptors (Lipinski definition) is 5. The lowest BCUT2D eigenvalue weighted by Crippen LogP contribution is -2.29. The first-order valence-corrected chi connectivity index (χ1v) is 9.62. The lowest BCUT2D eigenvalue weighted by atomic mass is 10.1. The Kier molecular flexibility index (Phi) is 6.13.